The molecule has 0 rings (SSSR count). The first kappa shape index (κ1) is 9.56. The molecule has 0 saturated carbocycles. The Hall–Kier alpha value is -1.44. The smallest absolute Gasteiger partial charge is 0.159 e. The van der Waals surface area contributed by atoms with Gasteiger partial charge in [0.15, 0.2) is 5.78 Å². The normalized spacial score (nSPS) is 10.5. The molecule has 0 aliphatic carbocycles. The van der Waals surface area contributed by atoms with Crippen LogP contribution in [0.4, 0.5) is 0 Å². The Balaban J connectivity index is 4.51. The minimum atomic E-state index is -0.147. The van der Waals surface area contributed by atoms with E-state index in [9.17, 15) is 9.59 Å². The predicted molar refractivity (Wildman–Crippen MR) is 44.2 cm³/mol. The Morgan fingerprint density at radius 2 is 2.00 bits per heavy atom. The van der Waals surface area contributed by atoms with Gasteiger partial charge in [0.25, 0.3) is 0 Å². The van der Waals surface area contributed by atoms with Gasteiger partial charge in [0.2, 0.25) is 0 Å². The zero-order chi connectivity index (χ0) is 8.85. The molecule has 0 aliphatic rings. The summed E-state index contributed by atoms with van der Waals surface area (Å²) in [6, 6.07) is 0. The van der Waals surface area contributed by atoms with Gasteiger partial charge >= 0.3 is 0 Å². The summed E-state index contributed by atoms with van der Waals surface area (Å²) < 4.78 is 0. The second-order valence-electron chi connectivity index (χ2n) is 2.05. The predicted octanol–water partition coefficient (Wildman–Crippen LogP) is 1.44. The first-order valence-electron chi connectivity index (χ1n) is 3.11. The van der Waals surface area contributed by atoms with Crippen molar-refractivity contribution in [2.24, 2.45) is 0 Å². The lowest BCUT2D eigenvalue weighted by Gasteiger charge is -1.91. The van der Waals surface area contributed by atoms with Crippen molar-refractivity contribution in [3.8, 4) is 0 Å². The van der Waals surface area contributed by atoms with Gasteiger partial charge in [-0.3, -0.25) is 9.59 Å². The molecule has 0 atom stereocenters. The van der Waals surface area contributed by atoms with Crippen molar-refractivity contribution in [3.63, 3.8) is 0 Å². The van der Waals surface area contributed by atoms with Crippen molar-refractivity contribution in [2.45, 2.75) is 6.92 Å². The van der Waals surface area contributed by atoms with Crippen LogP contribution in [-0.4, -0.2) is 12.1 Å². The molecule has 2 nitrogen and oxygen atoms in total. The van der Waals surface area contributed by atoms with Gasteiger partial charge in [-0.25, -0.2) is 0 Å². The Morgan fingerprint density at radius 1 is 1.45 bits per heavy atom. The number of ketones is 1. The number of carbonyl (C=O) groups excluding carboxylic acids is 2. The maximum Gasteiger partial charge on any atom is 0.159 e. The summed E-state index contributed by atoms with van der Waals surface area (Å²) in [7, 11) is 0. The molecule has 0 radical (unpaired) electrons. The van der Waals surface area contributed by atoms with Crippen LogP contribution < -0.4 is 0 Å². The number of rotatable bonds is 4. The van der Waals surface area contributed by atoms with Crippen LogP contribution in [0.15, 0.2) is 36.5 Å². The molecule has 0 aromatic carbocycles. The molecule has 0 spiro atoms. The summed E-state index contributed by atoms with van der Waals surface area (Å²) >= 11 is 0. The second kappa shape index (κ2) is 4.39. The highest BCUT2D eigenvalue weighted by atomic mass is 16.1. The second-order valence-corrected chi connectivity index (χ2v) is 2.05. The molecular weight excluding hydrogens is 140 g/mol. The average Bonchev–Trinajstić information content (AvgIpc) is 1.99. The molecule has 0 aliphatic heterocycles. The number of allylic oxidation sites excluding steroid dienone is 4. The minimum absolute atomic E-state index is 0.147. The molecule has 0 unspecified atom stereocenters. The topological polar surface area (TPSA) is 34.1 Å². The van der Waals surface area contributed by atoms with Gasteiger partial charge in [0.05, 0.1) is 0 Å². The van der Waals surface area contributed by atoms with Crippen LogP contribution in [0.25, 0.3) is 0 Å². The van der Waals surface area contributed by atoms with Gasteiger partial charge in [-0.15, -0.1) is 0 Å². The summed E-state index contributed by atoms with van der Waals surface area (Å²) in [6.07, 6.45) is 3.41. The largest absolute Gasteiger partial charge is 0.298 e. The Morgan fingerprint density at radius 3 is 2.27 bits per heavy atom. The molecular formula is C9H10O2. The first-order chi connectivity index (χ1) is 5.11. The van der Waals surface area contributed by atoms with Gasteiger partial charge in [0, 0.05) is 11.1 Å². The Labute approximate surface area is 65.9 Å². The van der Waals surface area contributed by atoms with E-state index >= 15 is 0 Å². The van der Waals surface area contributed by atoms with Crippen LogP contribution in [0.1, 0.15) is 6.92 Å². The van der Waals surface area contributed by atoms with Crippen LogP contribution in [0.2, 0.25) is 0 Å². The number of Topliss-reactive ketones (excluding diaryl/α,β-unsaturated/α-hetero) is 1. The first-order valence-corrected chi connectivity index (χ1v) is 3.11. The fourth-order valence-corrected chi connectivity index (χ4v) is 0.444. The minimum Gasteiger partial charge on any atom is -0.298 e. The van der Waals surface area contributed by atoms with Gasteiger partial charge in [-0.05, 0) is 13.0 Å². The lowest BCUT2D eigenvalue weighted by atomic mass is 10.1. The van der Waals surface area contributed by atoms with Crippen molar-refractivity contribution in [3.05, 3.63) is 36.5 Å². The van der Waals surface area contributed by atoms with Gasteiger partial charge in [-0.2, -0.15) is 0 Å². The molecule has 0 saturated heterocycles. The van der Waals surface area contributed by atoms with Gasteiger partial charge in [-0.1, -0.05) is 19.2 Å². The summed E-state index contributed by atoms with van der Waals surface area (Å²) in [5, 5.41) is 0. The molecule has 0 heterocycles. The highest BCUT2D eigenvalue weighted by molar-refractivity contribution is 5.97. The third-order valence-corrected chi connectivity index (χ3v) is 1.16. The van der Waals surface area contributed by atoms with E-state index in [0.717, 1.165) is 0 Å². The summed E-state index contributed by atoms with van der Waals surface area (Å²) in [6.45, 7) is 8.24. The molecule has 0 aromatic rings. The maximum absolute atomic E-state index is 10.6. The number of aldehydes is 1. The van der Waals surface area contributed by atoms with Gasteiger partial charge < -0.3 is 0 Å². The number of hydrogen-bond acceptors (Lipinski definition) is 2. The monoisotopic (exact) mass is 150 g/mol. The molecule has 0 N–H and O–H groups in total. The zero-order valence-electron chi connectivity index (χ0n) is 6.46. The van der Waals surface area contributed by atoms with Gasteiger partial charge in [0.1, 0.15) is 6.29 Å². The molecule has 0 bridgehead atoms. The van der Waals surface area contributed by atoms with E-state index in [2.05, 4.69) is 13.2 Å². The van der Waals surface area contributed by atoms with Crippen molar-refractivity contribution >= 4 is 12.1 Å². The zero-order valence-corrected chi connectivity index (χ0v) is 6.46. The SMILES string of the molecule is C=C/C(C=O)=C\C(=C)C(C)=O. The molecule has 0 amide bonds. The number of carbonyl (C=O) groups is 2. The quantitative estimate of drug-likeness (QED) is 0.345. The average molecular weight is 150 g/mol. The summed E-state index contributed by atoms with van der Waals surface area (Å²) in [5.74, 6) is -0.147. The van der Waals surface area contributed by atoms with Crippen LogP contribution in [0.3, 0.4) is 0 Å². The molecule has 11 heavy (non-hydrogen) atoms. The van der Waals surface area contributed by atoms with Crippen LogP contribution in [0, 0.1) is 0 Å². The van der Waals surface area contributed by atoms with E-state index in [1.165, 1.54) is 19.1 Å². The summed E-state index contributed by atoms with van der Waals surface area (Å²) in [5.41, 5.74) is 0.678. The van der Waals surface area contributed by atoms with Crippen LogP contribution >= 0.6 is 0 Å². The van der Waals surface area contributed by atoms with Crippen molar-refractivity contribution < 1.29 is 9.59 Å². The van der Waals surface area contributed by atoms with Crippen molar-refractivity contribution in [2.75, 3.05) is 0 Å². The Kier molecular flexibility index (Phi) is 3.81. The molecule has 58 valence electrons. The third kappa shape index (κ3) is 3.30. The van der Waals surface area contributed by atoms with E-state index in [-0.39, 0.29) is 5.78 Å². The van der Waals surface area contributed by atoms with Crippen LogP contribution in [-0.2, 0) is 9.59 Å². The third-order valence-electron chi connectivity index (χ3n) is 1.16. The lowest BCUT2D eigenvalue weighted by Crippen LogP contribution is -1.92. The fraction of sp³-hybridized carbons (Fsp3) is 0.111. The van der Waals surface area contributed by atoms with Crippen molar-refractivity contribution in [1.82, 2.24) is 0 Å². The molecule has 0 aromatic heterocycles. The standard InChI is InChI=1S/C9H10O2/c1-4-9(6-10)5-7(2)8(3)11/h4-6H,1-2H2,3H3/b9-5+. The fourth-order valence-electron chi connectivity index (χ4n) is 0.444. The Bertz CT molecular complexity index is 224. The van der Waals surface area contributed by atoms with Crippen LogP contribution in [0.5, 0.6) is 0 Å². The molecule has 0 fully saturated rings. The van der Waals surface area contributed by atoms with E-state index in [1.807, 2.05) is 0 Å². The summed E-state index contributed by atoms with van der Waals surface area (Å²) in [4.78, 5) is 20.8. The highest BCUT2D eigenvalue weighted by Crippen LogP contribution is 1.99. The van der Waals surface area contributed by atoms with Crippen molar-refractivity contribution in [1.29, 1.82) is 0 Å². The maximum atomic E-state index is 10.6. The van der Waals surface area contributed by atoms with E-state index in [4.69, 9.17) is 0 Å². The van der Waals surface area contributed by atoms with E-state index < -0.39 is 0 Å². The number of hydrogen-bond donors (Lipinski definition) is 0. The molecule has 2 heteroatoms. The highest BCUT2D eigenvalue weighted by Gasteiger charge is 1.96. The lowest BCUT2D eigenvalue weighted by molar-refractivity contribution is -0.113. The van der Waals surface area contributed by atoms with E-state index in [0.29, 0.717) is 17.4 Å². The van der Waals surface area contributed by atoms with E-state index in [1.54, 1.807) is 0 Å².